The molecule has 3 rings (SSSR count). The fourth-order valence-corrected chi connectivity index (χ4v) is 2.79. The number of benzene rings is 1. The SMILES string of the molecule is Cc1ccc(CNC(=O)C2CNc3ccccc3C2)n1C. The minimum Gasteiger partial charge on any atom is -0.384 e. The third kappa shape index (κ3) is 2.79. The first-order chi connectivity index (χ1) is 10.1. The average molecular weight is 283 g/mol. The zero-order valence-electron chi connectivity index (χ0n) is 12.5. The second kappa shape index (κ2) is 5.64. The molecule has 1 unspecified atom stereocenters. The molecule has 0 aliphatic carbocycles. The van der Waals surface area contributed by atoms with E-state index in [0.717, 1.165) is 17.8 Å². The number of fused-ring (bicyclic) bond motifs is 1. The summed E-state index contributed by atoms with van der Waals surface area (Å²) in [7, 11) is 2.02. The molecule has 4 heteroatoms. The van der Waals surface area contributed by atoms with Crippen LogP contribution in [0.5, 0.6) is 0 Å². The van der Waals surface area contributed by atoms with Gasteiger partial charge in [-0.15, -0.1) is 0 Å². The highest BCUT2D eigenvalue weighted by atomic mass is 16.1. The Morgan fingerprint density at radius 2 is 2.14 bits per heavy atom. The number of carbonyl (C=O) groups excluding carboxylic acids is 1. The number of nitrogens with zero attached hydrogens (tertiary/aromatic N) is 1. The van der Waals surface area contributed by atoms with Crippen LogP contribution in [-0.2, 0) is 24.8 Å². The molecule has 1 aliphatic rings. The van der Waals surface area contributed by atoms with Gasteiger partial charge in [0.25, 0.3) is 0 Å². The maximum Gasteiger partial charge on any atom is 0.225 e. The van der Waals surface area contributed by atoms with Crippen molar-refractivity contribution in [3.8, 4) is 0 Å². The second-order valence-corrected chi connectivity index (χ2v) is 5.68. The predicted octanol–water partition coefficient (Wildman–Crippen LogP) is 2.23. The zero-order valence-corrected chi connectivity index (χ0v) is 12.5. The van der Waals surface area contributed by atoms with E-state index >= 15 is 0 Å². The third-order valence-electron chi connectivity index (χ3n) is 4.31. The van der Waals surface area contributed by atoms with Gasteiger partial charge in [-0.1, -0.05) is 18.2 Å². The molecule has 2 aromatic rings. The van der Waals surface area contributed by atoms with Gasteiger partial charge in [-0.2, -0.15) is 0 Å². The molecule has 1 aliphatic heterocycles. The second-order valence-electron chi connectivity index (χ2n) is 5.68. The van der Waals surface area contributed by atoms with Crippen molar-refractivity contribution in [1.29, 1.82) is 0 Å². The quantitative estimate of drug-likeness (QED) is 0.907. The Morgan fingerprint density at radius 1 is 1.33 bits per heavy atom. The van der Waals surface area contributed by atoms with Crippen LogP contribution in [0.3, 0.4) is 0 Å². The van der Waals surface area contributed by atoms with E-state index in [-0.39, 0.29) is 11.8 Å². The first-order valence-corrected chi connectivity index (χ1v) is 7.36. The standard InChI is InChI=1S/C17H21N3O/c1-12-7-8-15(20(12)2)11-19-17(21)14-9-13-5-3-4-6-16(13)18-10-14/h3-8,14,18H,9-11H2,1-2H3,(H,19,21). The van der Waals surface area contributed by atoms with Gasteiger partial charge in [-0.3, -0.25) is 4.79 Å². The molecule has 0 saturated heterocycles. The molecule has 21 heavy (non-hydrogen) atoms. The van der Waals surface area contributed by atoms with Gasteiger partial charge in [0.05, 0.1) is 12.5 Å². The molecule has 0 bridgehead atoms. The van der Waals surface area contributed by atoms with E-state index in [2.05, 4.69) is 46.4 Å². The number of hydrogen-bond donors (Lipinski definition) is 2. The molecule has 110 valence electrons. The number of anilines is 1. The van der Waals surface area contributed by atoms with Gasteiger partial charge in [0.1, 0.15) is 0 Å². The Kier molecular flexibility index (Phi) is 3.69. The Balaban J connectivity index is 1.61. The normalized spacial score (nSPS) is 17.0. The first kappa shape index (κ1) is 13.7. The lowest BCUT2D eigenvalue weighted by molar-refractivity contribution is -0.124. The Morgan fingerprint density at radius 3 is 2.90 bits per heavy atom. The van der Waals surface area contributed by atoms with Crippen LogP contribution >= 0.6 is 0 Å². The van der Waals surface area contributed by atoms with Gasteiger partial charge in [0.15, 0.2) is 0 Å². The number of carbonyl (C=O) groups is 1. The van der Waals surface area contributed by atoms with Gasteiger partial charge in [0.2, 0.25) is 5.91 Å². The van der Waals surface area contributed by atoms with Crippen LogP contribution in [0.1, 0.15) is 17.0 Å². The Labute approximate surface area is 125 Å². The predicted molar refractivity (Wildman–Crippen MR) is 84.1 cm³/mol. The number of nitrogens with one attached hydrogen (secondary N) is 2. The summed E-state index contributed by atoms with van der Waals surface area (Å²) in [5, 5.41) is 6.40. The first-order valence-electron chi connectivity index (χ1n) is 7.36. The molecule has 0 radical (unpaired) electrons. The Hall–Kier alpha value is -2.23. The van der Waals surface area contributed by atoms with Crippen molar-refractivity contribution >= 4 is 11.6 Å². The summed E-state index contributed by atoms with van der Waals surface area (Å²) in [6.07, 6.45) is 0.807. The summed E-state index contributed by atoms with van der Waals surface area (Å²) < 4.78 is 2.11. The van der Waals surface area contributed by atoms with E-state index in [1.165, 1.54) is 11.3 Å². The zero-order chi connectivity index (χ0) is 14.8. The van der Waals surface area contributed by atoms with Crippen LogP contribution in [0.4, 0.5) is 5.69 Å². The fourth-order valence-electron chi connectivity index (χ4n) is 2.79. The van der Waals surface area contributed by atoms with Crippen LogP contribution in [-0.4, -0.2) is 17.0 Å². The molecular weight excluding hydrogens is 262 g/mol. The highest BCUT2D eigenvalue weighted by Crippen LogP contribution is 2.24. The maximum absolute atomic E-state index is 12.3. The number of hydrogen-bond acceptors (Lipinski definition) is 2. The number of para-hydroxylation sites is 1. The van der Waals surface area contributed by atoms with E-state index in [1.54, 1.807) is 0 Å². The van der Waals surface area contributed by atoms with E-state index in [9.17, 15) is 4.79 Å². The maximum atomic E-state index is 12.3. The monoisotopic (exact) mass is 283 g/mol. The number of rotatable bonds is 3. The molecule has 2 N–H and O–H groups in total. The van der Waals surface area contributed by atoms with E-state index in [1.807, 2.05) is 19.2 Å². The van der Waals surface area contributed by atoms with Crippen LogP contribution in [0, 0.1) is 12.8 Å². The molecule has 0 spiro atoms. The minimum atomic E-state index is 0.00117. The van der Waals surface area contributed by atoms with Gasteiger partial charge >= 0.3 is 0 Å². The van der Waals surface area contributed by atoms with Crippen molar-refractivity contribution < 1.29 is 4.79 Å². The summed E-state index contributed by atoms with van der Waals surface area (Å²) in [6.45, 7) is 3.35. The van der Waals surface area contributed by atoms with Crippen LogP contribution in [0.15, 0.2) is 36.4 Å². The molecule has 0 fully saturated rings. The average Bonchev–Trinajstić information content (AvgIpc) is 2.84. The lowest BCUT2D eigenvalue weighted by Crippen LogP contribution is -2.38. The van der Waals surface area contributed by atoms with Gasteiger partial charge in [-0.05, 0) is 37.1 Å². The van der Waals surface area contributed by atoms with Gasteiger partial charge < -0.3 is 15.2 Å². The smallest absolute Gasteiger partial charge is 0.225 e. The third-order valence-corrected chi connectivity index (χ3v) is 4.31. The van der Waals surface area contributed by atoms with Crippen molar-refractivity contribution in [2.45, 2.75) is 19.9 Å². The fraction of sp³-hybridized carbons (Fsp3) is 0.353. The lowest BCUT2D eigenvalue weighted by atomic mass is 9.93. The van der Waals surface area contributed by atoms with Crippen molar-refractivity contribution in [3.63, 3.8) is 0 Å². The van der Waals surface area contributed by atoms with Crippen LogP contribution < -0.4 is 10.6 Å². The van der Waals surface area contributed by atoms with E-state index in [0.29, 0.717) is 13.1 Å². The van der Waals surface area contributed by atoms with E-state index < -0.39 is 0 Å². The molecule has 1 aromatic carbocycles. The topological polar surface area (TPSA) is 46.1 Å². The molecule has 4 nitrogen and oxygen atoms in total. The van der Waals surface area contributed by atoms with Crippen molar-refractivity contribution in [2.24, 2.45) is 13.0 Å². The van der Waals surface area contributed by atoms with E-state index in [4.69, 9.17) is 0 Å². The number of amides is 1. The summed E-state index contributed by atoms with van der Waals surface area (Å²) >= 11 is 0. The molecular formula is C17H21N3O. The summed E-state index contributed by atoms with van der Waals surface area (Å²) in [5.74, 6) is 0.122. The highest BCUT2D eigenvalue weighted by molar-refractivity contribution is 5.80. The number of aryl methyl sites for hydroxylation is 1. The minimum absolute atomic E-state index is 0.00117. The Bertz CT molecular complexity index is 660. The molecule has 2 heterocycles. The van der Waals surface area contributed by atoms with Crippen molar-refractivity contribution in [1.82, 2.24) is 9.88 Å². The summed E-state index contributed by atoms with van der Waals surface area (Å²) in [4.78, 5) is 12.3. The van der Waals surface area contributed by atoms with Crippen LogP contribution in [0.2, 0.25) is 0 Å². The molecule has 1 atom stereocenters. The van der Waals surface area contributed by atoms with Crippen molar-refractivity contribution in [3.05, 3.63) is 53.3 Å². The largest absolute Gasteiger partial charge is 0.384 e. The molecule has 1 amide bonds. The van der Waals surface area contributed by atoms with Crippen LogP contribution in [0.25, 0.3) is 0 Å². The summed E-state index contributed by atoms with van der Waals surface area (Å²) in [6, 6.07) is 12.3. The van der Waals surface area contributed by atoms with Crippen molar-refractivity contribution in [2.75, 3.05) is 11.9 Å². The van der Waals surface area contributed by atoms with Gasteiger partial charge in [0, 0.05) is 30.7 Å². The lowest BCUT2D eigenvalue weighted by Gasteiger charge is -2.25. The summed E-state index contributed by atoms with van der Waals surface area (Å²) in [5.41, 5.74) is 4.70. The number of aromatic nitrogens is 1. The molecule has 1 aromatic heterocycles. The molecule has 0 saturated carbocycles. The van der Waals surface area contributed by atoms with Gasteiger partial charge in [-0.25, -0.2) is 0 Å². The highest BCUT2D eigenvalue weighted by Gasteiger charge is 2.24.